The number of carbonyl (C=O) groups excluding carboxylic acids is 1. The number of benzene rings is 3. The molecule has 4 rings (SSSR count). The van der Waals surface area contributed by atoms with Crippen molar-refractivity contribution in [3.63, 3.8) is 0 Å². The first kappa shape index (κ1) is 19.7. The monoisotopic (exact) mass is 437 g/mol. The van der Waals surface area contributed by atoms with E-state index in [1.54, 1.807) is 24.3 Å². The molecule has 1 saturated heterocycles. The summed E-state index contributed by atoms with van der Waals surface area (Å²) in [5, 5.41) is 0.615. The number of thiocarbonyl (C=S) groups is 1. The second-order valence-corrected chi connectivity index (χ2v) is 8.45. The molecule has 0 radical (unpaired) electrons. The molecule has 3 nitrogen and oxygen atoms in total. The van der Waals surface area contributed by atoms with Crippen LogP contribution in [0.15, 0.2) is 83.8 Å². The van der Waals surface area contributed by atoms with Gasteiger partial charge in [-0.2, -0.15) is 0 Å². The van der Waals surface area contributed by atoms with Crippen LogP contribution in [0.2, 0.25) is 5.02 Å². The molecule has 0 saturated carbocycles. The molecule has 0 unspecified atom stereocenters. The first-order valence-electron chi connectivity index (χ1n) is 8.90. The Labute approximate surface area is 183 Å². The van der Waals surface area contributed by atoms with Gasteiger partial charge in [0.2, 0.25) is 0 Å². The zero-order valence-electron chi connectivity index (χ0n) is 15.2. The molecule has 1 amide bonds. The highest BCUT2D eigenvalue weighted by Crippen LogP contribution is 2.36. The summed E-state index contributed by atoms with van der Waals surface area (Å²) in [4.78, 5) is 14.9. The van der Waals surface area contributed by atoms with Gasteiger partial charge in [-0.3, -0.25) is 9.69 Å². The van der Waals surface area contributed by atoms with E-state index in [9.17, 15) is 4.79 Å². The Balaban J connectivity index is 1.45. The normalized spacial score (nSPS) is 15.2. The zero-order chi connectivity index (χ0) is 20.2. The van der Waals surface area contributed by atoms with Crippen molar-refractivity contribution >= 4 is 57.6 Å². The predicted molar refractivity (Wildman–Crippen MR) is 124 cm³/mol. The van der Waals surface area contributed by atoms with Crippen molar-refractivity contribution in [1.82, 2.24) is 0 Å². The molecule has 0 spiro atoms. The average molecular weight is 438 g/mol. The van der Waals surface area contributed by atoms with Gasteiger partial charge in [0.15, 0.2) is 4.32 Å². The SMILES string of the molecule is O=C1/C(=C\c2ccc(OCc3ccccc3)cc2)SC(=S)N1c1ccc(Cl)cc1. The van der Waals surface area contributed by atoms with E-state index in [4.69, 9.17) is 28.6 Å². The van der Waals surface area contributed by atoms with Gasteiger partial charge in [0.25, 0.3) is 5.91 Å². The number of thioether (sulfide) groups is 1. The standard InChI is InChI=1S/C23H16ClNO2S2/c24-18-8-10-19(11-9-18)25-22(26)21(29-23(25)28)14-16-6-12-20(13-7-16)27-15-17-4-2-1-3-5-17/h1-14H,15H2/b21-14+. The lowest BCUT2D eigenvalue weighted by Crippen LogP contribution is -2.27. The molecule has 0 aromatic heterocycles. The first-order valence-corrected chi connectivity index (χ1v) is 10.5. The fraction of sp³-hybridized carbons (Fsp3) is 0.0435. The van der Waals surface area contributed by atoms with Crippen LogP contribution in [0.4, 0.5) is 5.69 Å². The lowest BCUT2D eigenvalue weighted by molar-refractivity contribution is -0.113. The van der Waals surface area contributed by atoms with E-state index in [1.807, 2.05) is 60.7 Å². The highest BCUT2D eigenvalue weighted by Gasteiger charge is 2.33. The summed E-state index contributed by atoms with van der Waals surface area (Å²) in [5.41, 5.74) is 2.74. The van der Waals surface area contributed by atoms with Gasteiger partial charge < -0.3 is 4.74 Å². The number of nitrogens with zero attached hydrogens (tertiary/aromatic N) is 1. The molecule has 1 heterocycles. The third kappa shape index (κ3) is 4.70. The minimum Gasteiger partial charge on any atom is -0.489 e. The van der Waals surface area contributed by atoms with Gasteiger partial charge in [0, 0.05) is 5.02 Å². The summed E-state index contributed by atoms with van der Waals surface area (Å²) >= 11 is 12.6. The topological polar surface area (TPSA) is 29.5 Å². The van der Waals surface area contributed by atoms with E-state index in [2.05, 4.69) is 0 Å². The van der Waals surface area contributed by atoms with Crippen LogP contribution in [0.3, 0.4) is 0 Å². The van der Waals surface area contributed by atoms with Crippen molar-refractivity contribution in [2.75, 3.05) is 4.90 Å². The smallest absolute Gasteiger partial charge is 0.270 e. The van der Waals surface area contributed by atoms with Gasteiger partial charge >= 0.3 is 0 Å². The van der Waals surface area contributed by atoms with E-state index in [0.717, 1.165) is 16.9 Å². The fourth-order valence-electron chi connectivity index (χ4n) is 2.83. The van der Waals surface area contributed by atoms with E-state index in [0.29, 0.717) is 26.5 Å². The van der Waals surface area contributed by atoms with Gasteiger partial charge in [0.1, 0.15) is 12.4 Å². The van der Waals surface area contributed by atoms with Gasteiger partial charge in [-0.15, -0.1) is 0 Å². The van der Waals surface area contributed by atoms with Crippen LogP contribution in [0, 0.1) is 0 Å². The number of hydrogen-bond donors (Lipinski definition) is 0. The van der Waals surface area contributed by atoms with E-state index in [-0.39, 0.29) is 5.91 Å². The van der Waals surface area contributed by atoms with Crippen molar-refractivity contribution in [1.29, 1.82) is 0 Å². The third-order valence-corrected chi connectivity index (χ3v) is 5.86. The lowest BCUT2D eigenvalue weighted by atomic mass is 10.2. The molecule has 0 aliphatic carbocycles. The predicted octanol–water partition coefficient (Wildman–Crippen LogP) is 6.32. The Morgan fingerprint density at radius 3 is 2.34 bits per heavy atom. The molecule has 29 heavy (non-hydrogen) atoms. The number of hydrogen-bond acceptors (Lipinski definition) is 4. The average Bonchev–Trinajstić information content (AvgIpc) is 3.02. The summed E-state index contributed by atoms with van der Waals surface area (Å²) in [6, 6.07) is 24.7. The Bertz CT molecular complexity index is 1060. The molecule has 0 atom stereocenters. The van der Waals surface area contributed by atoms with Crippen LogP contribution in [-0.2, 0) is 11.4 Å². The number of rotatable bonds is 5. The molecule has 1 aliphatic rings. The Hall–Kier alpha value is -2.60. The number of halogens is 1. The molecule has 1 aliphatic heterocycles. The van der Waals surface area contributed by atoms with E-state index >= 15 is 0 Å². The molecule has 3 aromatic rings. The third-order valence-electron chi connectivity index (χ3n) is 4.30. The summed E-state index contributed by atoms with van der Waals surface area (Å²) in [6.45, 7) is 0.514. The number of ether oxygens (including phenoxy) is 1. The molecule has 3 aromatic carbocycles. The van der Waals surface area contributed by atoms with Crippen molar-refractivity contribution in [3.8, 4) is 5.75 Å². The fourth-order valence-corrected chi connectivity index (χ4v) is 4.26. The van der Waals surface area contributed by atoms with Crippen molar-refractivity contribution < 1.29 is 9.53 Å². The van der Waals surface area contributed by atoms with Gasteiger partial charge in [0.05, 0.1) is 10.6 Å². The highest BCUT2D eigenvalue weighted by atomic mass is 35.5. The molecule has 1 fully saturated rings. The molecule has 144 valence electrons. The number of carbonyl (C=O) groups is 1. The Kier molecular flexibility index (Phi) is 6.00. The second-order valence-electron chi connectivity index (χ2n) is 6.34. The molecule has 0 N–H and O–H groups in total. The van der Waals surface area contributed by atoms with Gasteiger partial charge in [-0.25, -0.2) is 0 Å². The number of anilines is 1. The minimum atomic E-state index is -0.133. The van der Waals surface area contributed by atoms with Gasteiger partial charge in [-0.1, -0.05) is 78.0 Å². The maximum Gasteiger partial charge on any atom is 0.270 e. The molecule has 0 bridgehead atoms. The second kappa shape index (κ2) is 8.82. The van der Waals surface area contributed by atoms with E-state index in [1.165, 1.54) is 16.7 Å². The molecular weight excluding hydrogens is 422 g/mol. The van der Waals surface area contributed by atoms with E-state index < -0.39 is 0 Å². The first-order chi connectivity index (χ1) is 14.1. The maximum absolute atomic E-state index is 12.8. The maximum atomic E-state index is 12.8. The van der Waals surface area contributed by atoms with Crippen LogP contribution in [-0.4, -0.2) is 10.2 Å². The van der Waals surface area contributed by atoms with Crippen LogP contribution in [0.25, 0.3) is 6.08 Å². The summed E-state index contributed by atoms with van der Waals surface area (Å²) < 4.78 is 6.31. The van der Waals surface area contributed by atoms with Crippen LogP contribution >= 0.6 is 35.6 Å². The van der Waals surface area contributed by atoms with Gasteiger partial charge in [-0.05, 0) is 53.6 Å². The van der Waals surface area contributed by atoms with Crippen molar-refractivity contribution in [2.24, 2.45) is 0 Å². The molecular formula is C23H16ClNO2S2. The largest absolute Gasteiger partial charge is 0.489 e. The minimum absolute atomic E-state index is 0.133. The van der Waals surface area contributed by atoms with Crippen molar-refractivity contribution in [3.05, 3.63) is 99.9 Å². The zero-order valence-corrected chi connectivity index (χ0v) is 17.6. The Morgan fingerprint density at radius 1 is 0.966 bits per heavy atom. The molecule has 6 heteroatoms. The summed E-state index contributed by atoms with van der Waals surface area (Å²) in [6.07, 6.45) is 1.84. The summed E-state index contributed by atoms with van der Waals surface area (Å²) in [7, 11) is 0. The van der Waals surface area contributed by atoms with Crippen LogP contribution in [0.1, 0.15) is 11.1 Å². The Morgan fingerprint density at radius 2 is 1.66 bits per heavy atom. The van der Waals surface area contributed by atoms with Crippen LogP contribution in [0.5, 0.6) is 5.75 Å². The highest BCUT2D eigenvalue weighted by molar-refractivity contribution is 8.27. The quantitative estimate of drug-likeness (QED) is 0.345. The lowest BCUT2D eigenvalue weighted by Gasteiger charge is -2.14. The number of amides is 1. The van der Waals surface area contributed by atoms with Crippen molar-refractivity contribution in [2.45, 2.75) is 6.61 Å². The van der Waals surface area contributed by atoms with Crippen LogP contribution < -0.4 is 9.64 Å². The summed E-state index contributed by atoms with van der Waals surface area (Å²) in [5.74, 6) is 0.645.